The minimum absolute atomic E-state index is 0.0840. The van der Waals surface area contributed by atoms with Crippen molar-refractivity contribution >= 4 is 57.6 Å². The van der Waals surface area contributed by atoms with Crippen LogP contribution in [0.5, 0.6) is 0 Å². The maximum Gasteiger partial charge on any atom is 0.289 e. The van der Waals surface area contributed by atoms with E-state index < -0.39 is 0 Å². The second-order valence-corrected chi connectivity index (χ2v) is 9.42. The van der Waals surface area contributed by atoms with Crippen molar-refractivity contribution in [2.45, 2.75) is 32.2 Å². The van der Waals surface area contributed by atoms with Gasteiger partial charge in [0, 0.05) is 30.8 Å². The Bertz CT molecular complexity index is 988. The highest BCUT2D eigenvalue weighted by Crippen LogP contribution is 2.34. The van der Waals surface area contributed by atoms with Gasteiger partial charge in [-0.1, -0.05) is 41.9 Å². The summed E-state index contributed by atoms with van der Waals surface area (Å²) in [4.78, 5) is 34.3. The number of aliphatic imine (C=N–C) groups is 1. The molecule has 0 spiro atoms. The van der Waals surface area contributed by atoms with Crippen molar-refractivity contribution in [3.8, 4) is 0 Å². The maximum absolute atomic E-state index is 13.5. The first kappa shape index (κ1) is 22.2. The number of rotatable bonds is 4. The predicted molar refractivity (Wildman–Crippen MR) is 124 cm³/mol. The van der Waals surface area contributed by atoms with E-state index in [1.165, 1.54) is 6.26 Å². The van der Waals surface area contributed by atoms with Gasteiger partial charge < -0.3 is 9.32 Å². The molecule has 2 amide bonds. The van der Waals surface area contributed by atoms with Crippen LogP contribution in [0.15, 0.2) is 46.0 Å². The van der Waals surface area contributed by atoms with E-state index in [0.29, 0.717) is 52.6 Å². The van der Waals surface area contributed by atoms with Gasteiger partial charge in [0.05, 0.1) is 22.0 Å². The largest absolute Gasteiger partial charge is 0.459 e. The van der Waals surface area contributed by atoms with Crippen molar-refractivity contribution in [1.82, 2.24) is 9.80 Å². The van der Waals surface area contributed by atoms with Crippen LogP contribution in [0.4, 0.5) is 5.69 Å². The molecule has 2 aromatic rings. The molecule has 1 aromatic carbocycles. The topological polar surface area (TPSA) is 66.1 Å². The molecular weight excluding hydrogens is 457 g/mol. The molecular formula is C22H23Cl2N3O3S. The highest BCUT2D eigenvalue weighted by atomic mass is 35.5. The molecule has 1 atom stereocenters. The molecule has 31 heavy (non-hydrogen) atoms. The normalized spacial score (nSPS) is 21.1. The number of halogens is 2. The molecule has 6 nitrogen and oxygen atoms in total. The molecule has 164 valence electrons. The van der Waals surface area contributed by atoms with Gasteiger partial charge in [-0.3, -0.25) is 14.5 Å². The smallest absolute Gasteiger partial charge is 0.289 e. The SMILES string of the molecule is CCC1CSC(=Nc2ccc(Cl)c(Cl)c2)N1C(=O)C1CCN(C(=O)c2ccco2)CC1. The number of benzene rings is 1. The molecule has 0 aliphatic carbocycles. The molecule has 1 aromatic heterocycles. The van der Waals surface area contributed by atoms with Crippen LogP contribution in [0.3, 0.4) is 0 Å². The Labute approximate surface area is 195 Å². The zero-order chi connectivity index (χ0) is 22.0. The number of carbonyl (C=O) groups is 2. The summed E-state index contributed by atoms with van der Waals surface area (Å²) in [6, 6.07) is 8.69. The van der Waals surface area contributed by atoms with Crippen LogP contribution in [-0.4, -0.2) is 51.7 Å². The number of amidine groups is 1. The molecule has 3 heterocycles. The number of nitrogens with zero attached hydrogens (tertiary/aromatic N) is 3. The monoisotopic (exact) mass is 479 g/mol. The molecule has 0 N–H and O–H groups in total. The van der Waals surface area contributed by atoms with Gasteiger partial charge in [0.15, 0.2) is 10.9 Å². The first-order valence-electron chi connectivity index (χ1n) is 10.3. The van der Waals surface area contributed by atoms with Crippen LogP contribution in [0.2, 0.25) is 10.0 Å². The third kappa shape index (κ3) is 4.78. The fraction of sp³-hybridized carbons (Fsp3) is 0.409. The molecule has 2 aliphatic heterocycles. The van der Waals surface area contributed by atoms with Crippen LogP contribution in [0.25, 0.3) is 0 Å². The number of piperidine rings is 1. The lowest BCUT2D eigenvalue weighted by molar-refractivity contribution is -0.134. The fourth-order valence-electron chi connectivity index (χ4n) is 3.88. The Morgan fingerprint density at radius 3 is 2.61 bits per heavy atom. The van der Waals surface area contributed by atoms with Crippen molar-refractivity contribution in [3.05, 3.63) is 52.4 Å². The summed E-state index contributed by atoms with van der Waals surface area (Å²) in [5.74, 6) is 0.981. The molecule has 2 fully saturated rings. The van der Waals surface area contributed by atoms with Crippen molar-refractivity contribution in [1.29, 1.82) is 0 Å². The summed E-state index contributed by atoms with van der Waals surface area (Å²) in [6.45, 7) is 3.15. The Kier molecular flexibility index (Phi) is 6.94. The first-order valence-corrected chi connectivity index (χ1v) is 12.0. The predicted octanol–water partition coefficient (Wildman–Crippen LogP) is 5.48. The number of thioether (sulfide) groups is 1. The average molecular weight is 480 g/mol. The van der Waals surface area contributed by atoms with Crippen molar-refractivity contribution in [2.24, 2.45) is 10.9 Å². The van der Waals surface area contributed by atoms with Gasteiger partial charge in [-0.25, -0.2) is 4.99 Å². The van der Waals surface area contributed by atoms with E-state index in [1.807, 2.05) is 4.90 Å². The van der Waals surface area contributed by atoms with Gasteiger partial charge in [0.25, 0.3) is 5.91 Å². The molecule has 4 rings (SSSR count). The molecule has 0 bridgehead atoms. The summed E-state index contributed by atoms with van der Waals surface area (Å²) in [6.07, 6.45) is 3.61. The molecule has 1 unspecified atom stereocenters. The number of amides is 2. The van der Waals surface area contributed by atoms with E-state index in [2.05, 4.69) is 6.92 Å². The van der Waals surface area contributed by atoms with E-state index in [0.717, 1.165) is 12.2 Å². The third-order valence-corrected chi connectivity index (χ3v) is 7.51. The van der Waals surface area contributed by atoms with Crippen molar-refractivity contribution < 1.29 is 14.0 Å². The van der Waals surface area contributed by atoms with Gasteiger partial charge in [0.1, 0.15) is 0 Å². The van der Waals surface area contributed by atoms with E-state index in [4.69, 9.17) is 32.6 Å². The van der Waals surface area contributed by atoms with E-state index in [9.17, 15) is 9.59 Å². The molecule has 2 aliphatic rings. The second kappa shape index (κ2) is 9.67. The first-order chi connectivity index (χ1) is 15.0. The van der Waals surface area contributed by atoms with Crippen LogP contribution in [0, 0.1) is 5.92 Å². The highest BCUT2D eigenvalue weighted by molar-refractivity contribution is 8.14. The lowest BCUT2D eigenvalue weighted by Gasteiger charge is -2.34. The molecule has 9 heteroatoms. The second-order valence-electron chi connectivity index (χ2n) is 7.62. The summed E-state index contributed by atoms with van der Waals surface area (Å²) in [7, 11) is 0. The number of hydrogen-bond acceptors (Lipinski definition) is 5. The van der Waals surface area contributed by atoms with Crippen LogP contribution in [0.1, 0.15) is 36.7 Å². The Balaban J connectivity index is 1.47. The summed E-state index contributed by atoms with van der Waals surface area (Å²) in [5, 5.41) is 1.61. The average Bonchev–Trinajstić information content (AvgIpc) is 3.45. The highest BCUT2D eigenvalue weighted by Gasteiger charge is 2.39. The Hall–Kier alpha value is -1.96. The zero-order valence-corrected chi connectivity index (χ0v) is 19.4. The van der Waals surface area contributed by atoms with Crippen LogP contribution >= 0.6 is 35.0 Å². The maximum atomic E-state index is 13.5. The van der Waals surface area contributed by atoms with Gasteiger partial charge >= 0.3 is 0 Å². The molecule has 0 radical (unpaired) electrons. The van der Waals surface area contributed by atoms with E-state index in [1.54, 1.807) is 47.0 Å². The minimum atomic E-state index is -0.132. The number of likely N-dealkylation sites (tertiary alicyclic amines) is 1. The molecule has 2 saturated heterocycles. The minimum Gasteiger partial charge on any atom is -0.459 e. The van der Waals surface area contributed by atoms with Gasteiger partial charge in [-0.15, -0.1) is 0 Å². The van der Waals surface area contributed by atoms with Crippen molar-refractivity contribution in [2.75, 3.05) is 18.8 Å². The lowest BCUT2D eigenvalue weighted by Crippen LogP contribution is -2.47. The number of furan rings is 1. The number of hydrogen-bond donors (Lipinski definition) is 0. The Morgan fingerprint density at radius 1 is 1.19 bits per heavy atom. The summed E-state index contributed by atoms with van der Waals surface area (Å²) >= 11 is 13.7. The number of carbonyl (C=O) groups excluding carboxylic acids is 2. The van der Waals surface area contributed by atoms with E-state index in [-0.39, 0.29) is 23.8 Å². The van der Waals surface area contributed by atoms with Gasteiger partial charge in [-0.05, 0) is 49.6 Å². The standard InChI is InChI=1S/C22H23Cl2N3O3S/c1-2-16-13-31-22(25-15-5-6-17(23)18(24)12-15)27(16)20(28)14-7-9-26(10-8-14)21(29)19-4-3-11-30-19/h3-6,11-12,14,16H,2,7-10,13H2,1H3. The Morgan fingerprint density at radius 2 is 1.97 bits per heavy atom. The van der Waals surface area contributed by atoms with Gasteiger partial charge in [0.2, 0.25) is 5.91 Å². The van der Waals surface area contributed by atoms with Crippen LogP contribution < -0.4 is 0 Å². The van der Waals surface area contributed by atoms with Crippen molar-refractivity contribution in [3.63, 3.8) is 0 Å². The quantitative estimate of drug-likeness (QED) is 0.581. The van der Waals surface area contributed by atoms with Crippen LogP contribution in [-0.2, 0) is 4.79 Å². The lowest BCUT2D eigenvalue weighted by atomic mass is 9.94. The third-order valence-electron chi connectivity index (χ3n) is 5.68. The fourth-order valence-corrected chi connectivity index (χ4v) is 5.45. The van der Waals surface area contributed by atoms with E-state index >= 15 is 0 Å². The summed E-state index contributed by atoms with van der Waals surface area (Å²) < 4.78 is 5.22. The van der Waals surface area contributed by atoms with Gasteiger partial charge in [-0.2, -0.15) is 0 Å². The zero-order valence-electron chi connectivity index (χ0n) is 17.1. The molecule has 0 saturated carbocycles. The summed E-state index contributed by atoms with van der Waals surface area (Å²) in [5.41, 5.74) is 0.672.